The first kappa shape index (κ1) is 10.8. The van der Waals surface area contributed by atoms with E-state index in [1.54, 1.807) is 7.11 Å². The summed E-state index contributed by atoms with van der Waals surface area (Å²) < 4.78 is 6.39. The zero-order valence-electron chi connectivity index (χ0n) is 9.30. The van der Waals surface area contributed by atoms with Crippen LogP contribution in [0.25, 0.3) is 0 Å². The summed E-state index contributed by atoms with van der Waals surface area (Å²) in [6, 6.07) is 4.64. The number of anilines is 1. The molecule has 0 saturated heterocycles. The van der Waals surface area contributed by atoms with E-state index in [0.717, 1.165) is 16.6 Å². The summed E-state index contributed by atoms with van der Waals surface area (Å²) in [5.41, 5.74) is 2.58. The van der Waals surface area contributed by atoms with Gasteiger partial charge in [-0.15, -0.1) is 0 Å². The molecule has 0 aliphatic carbocycles. The van der Waals surface area contributed by atoms with Gasteiger partial charge < -0.3 is 10.1 Å². The van der Waals surface area contributed by atoms with Gasteiger partial charge in [-0.3, -0.25) is 0 Å². The molecule has 0 aromatic heterocycles. The minimum Gasteiger partial charge on any atom is -0.496 e. The molecule has 0 saturated carbocycles. The van der Waals surface area contributed by atoms with Crippen molar-refractivity contribution in [2.45, 2.75) is 26.3 Å². The molecule has 0 radical (unpaired) electrons. The van der Waals surface area contributed by atoms with Gasteiger partial charge >= 0.3 is 0 Å². The number of fused-ring (bicyclic) bond motifs is 1. The zero-order valence-corrected chi connectivity index (χ0v) is 10.9. The Morgan fingerprint density at radius 2 is 2.20 bits per heavy atom. The van der Waals surface area contributed by atoms with Gasteiger partial charge in [-0.1, -0.05) is 13.8 Å². The number of rotatable bonds is 2. The Morgan fingerprint density at radius 1 is 1.47 bits per heavy atom. The molecule has 0 bridgehead atoms. The predicted octanol–water partition coefficient (Wildman–Crippen LogP) is 3.45. The van der Waals surface area contributed by atoms with Crippen LogP contribution in [0, 0.1) is 5.92 Å². The standard InChI is InChI=1S/C12H16BrNO/c1-7(2)10-6-8-9(14-10)4-5-11(15-3)12(8)13/h4-5,7,10,14H,6H2,1-3H3. The summed E-state index contributed by atoms with van der Waals surface area (Å²) in [4.78, 5) is 0. The maximum absolute atomic E-state index is 5.29. The van der Waals surface area contributed by atoms with E-state index in [0.29, 0.717) is 12.0 Å². The molecular formula is C12H16BrNO. The number of ether oxygens (including phenoxy) is 1. The van der Waals surface area contributed by atoms with Crippen LogP contribution < -0.4 is 10.1 Å². The first-order valence-electron chi connectivity index (χ1n) is 5.25. The number of hydrogen-bond donors (Lipinski definition) is 1. The molecule has 3 heteroatoms. The topological polar surface area (TPSA) is 21.3 Å². The van der Waals surface area contributed by atoms with E-state index in [9.17, 15) is 0 Å². The number of halogens is 1. The van der Waals surface area contributed by atoms with Crippen molar-refractivity contribution in [3.05, 3.63) is 22.2 Å². The van der Waals surface area contributed by atoms with Gasteiger partial charge in [0.1, 0.15) is 5.75 Å². The molecule has 1 atom stereocenters. The van der Waals surface area contributed by atoms with Crippen molar-refractivity contribution in [2.75, 3.05) is 12.4 Å². The molecule has 1 aromatic carbocycles. The fourth-order valence-corrected chi connectivity index (χ4v) is 2.63. The third-order valence-electron chi connectivity index (χ3n) is 3.00. The second-order valence-corrected chi connectivity index (χ2v) is 5.10. The highest BCUT2D eigenvalue weighted by molar-refractivity contribution is 9.10. The van der Waals surface area contributed by atoms with Crippen molar-refractivity contribution < 1.29 is 4.74 Å². The fourth-order valence-electron chi connectivity index (χ4n) is 1.97. The number of methoxy groups -OCH3 is 1. The molecule has 2 rings (SSSR count). The molecular weight excluding hydrogens is 254 g/mol. The molecule has 2 nitrogen and oxygen atoms in total. The average Bonchev–Trinajstić information content (AvgIpc) is 2.63. The van der Waals surface area contributed by atoms with Gasteiger partial charge in [-0.05, 0) is 46.0 Å². The summed E-state index contributed by atoms with van der Waals surface area (Å²) in [6.45, 7) is 4.49. The third kappa shape index (κ3) is 1.85. The van der Waals surface area contributed by atoms with Crippen LogP contribution in [0.1, 0.15) is 19.4 Å². The molecule has 82 valence electrons. The number of hydrogen-bond acceptors (Lipinski definition) is 2. The highest BCUT2D eigenvalue weighted by Crippen LogP contribution is 2.39. The highest BCUT2D eigenvalue weighted by Gasteiger charge is 2.26. The van der Waals surface area contributed by atoms with E-state index < -0.39 is 0 Å². The van der Waals surface area contributed by atoms with Crippen molar-refractivity contribution >= 4 is 21.6 Å². The van der Waals surface area contributed by atoms with Crippen molar-refractivity contribution in [1.82, 2.24) is 0 Å². The lowest BCUT2D eigenvalue weighted by molar-refractivity contribution is 0.411. The van der Waals surface area contributed by atoms with Gasteiger partial charge in [0, 0.05) is 11.7 Å². The van der Waals surface area contributed by atoms with Crippen molar-refractivity contribution in [3.63, 3.8) is 0 Å². The van der Waals surface area contributed by atoms with E-state index in [1.807, 2.05) is 6.07 Å². The second kappa shape index (κ2) is 4.05. The maximum Gasteiger partial charge on any atom is 0.133 e. The molecule has 1 aliphatic rings. The van der Waals surface area contributed by atoms with Crippen molar-refractivity contribution in [2.24, 2.45) is 5.92 Å². The summed E-state index contributed by atoms with van der Waals surface area (Å²) in [7, 11) is 1.70. The Hall–Kier alpha value is -0.700. The van der Waals surface area contributed by atoms with E-state index in [-0.39, 0.29) is 0 Å². The van der Waals surface area contributed by atoms with Gasteiger partial charge in [-0.25, -0.2) is 0 Å². The summed E-state index contributed by atoms with van der Waals surface area (Å²) in [5, 5.41) is 3.54. The van der Waals surface area contributed by atoms with Gasteiger partial charge in [0.2, 0.25) is 0 Å². The lowest BCUT2D eigenvalue weighted by atomic mass is 10.0. The average molecular weight is 270 g/mol. The quantitative estimate of drug-likeness (QED) is 0.888. The van der Waals surface area contributed by atoms with E-state index >= 15 is 0 Å². The van der Waals surface area contributed by atoms with Gasteiger partial charge in [-0.2, -0.15) is 0 Å². The first-order valence-corrected chi connectivity index (χ1v) is 6.04. The van der Waals surface area contributed by atoms with Gasteiger partial charge in [0.05, 0.1) is 11.6 Å². The Balaban J connectivity index is 2.34. The summed E-state index contributed by atoms with van der Waals surface area (Å²) in [6.07, 6.45) is 1.07. The molecule has 1 N–H and O–H groups in total. The Labute approximate surface area is 99.1 Å². The normalized spacial score (nSPS) is 18.9. The minimum atomic E-state index is 0.545. The number of nitrogens with one attached hydrogen (secondary N) is 1. The summed E-state index contributed by atoms with van der Waals surface area (Å²) in [5.74, 6) is 1.57. The van der Waals surface area contributed by atoms with Crippen LogP contribution in [0.4, 0.5) is 5.69 Å². The van der Waals surface area contributed by atoms with Gasteiger partial charge in [0.15, 0.2) is 0 Å². The van der Waals surface area contributed by atoms with Crippen LogP contribution in [0.15, 0.2) is 16.6 Å². The Morgan fingerprint density at radius 3 is 2.80 bits per heavy atom. The van der Waals surface area contributed by atoms with E-state index in [4.69, 9.17) is 4.74 Å². The molecule has 0 amide bonds. The van der Waals surface area contributed by atoms with Crippen molar-refractivity contribution in [1.29, 1.82) is 0 Å². The van der Waals surface area contributed by atoms with Gasteiger partial charge in [0.25, 0.3) is 0 Å². The molecule has 1 aliphatic heterocycles. The number of benzene rings is 1. The van der Waals surface area contributed by atoms with E-state index in [2.05, 4.69) is 41.2 Å². The predicted molar refractivity (Wildman–Crippen MR) is 66.6 cm³/mol. The minimum absolute atomic E-state index is 0.545. The first-order chi connectivity index (χ1) is 7.13. The van der Waals surface area contributed by atoms with Crippen LogP contribution in [0.3, 0.4) is 0 Å². The van der Waals surface area contributed by atoms with Crippen LogP contribution >= 0.6 is 15.9 Å². The lowest BCUT2D eigenvalue weighted by Gasteiger charge is -2.14. The van der Waals surface area contributed by atoms with Crippen LogP contribution in [-0.4, -0.2) is 13.2 Å². The maximum atomic E-state index is 5.29. The second-order valence-electron chi connectivity index (χ2n) is 4.31. The fraction of sp³-hybridized carbons (Fsp3) is 0.500. The molecule has 15 heavy (non-hydrogen) atoms. The largest absolute Gasteiger partial charge is 0.496 e. The Bertz CT molecular complexity index is 376. The SMILES string of the molecule is COc1ccc2c(c1Br)CC(C(C)C)N2. The summed E-state index contributed by atoms with van der Waals surface area (Å²) >= 11 is 3.60. The molecule has 0 fully saturated rings. The highest BCUT2D eigenvalue weighted by atomic mass is 79.9. The molecule has 1 aromatic rings. The Kier molecular flexibility index (Phi) is 2.91. The lowest BCUT2D eigenvalue weighted by Crippen LogP contribution is -2.21. The molecule has 1 heterocycles. The van der Waals surface area contributed by atoms with Crippen LogP contribution in [0.2, 0.25) is 0 Å². The molecule has 0 spiro atoms. The smallest absolute Gasteiger partial charge is 0.133 e. The monoisotopic (exact) mass is 269 g/mol. The van der Waals surface area contributed by atoms with Crippen LogP contribution in [0.5, 0.6) is 5.75 Å². The third-order valence-corrected chi connectivity index (χ3v) is 3.87. The molecule has 1 unspecified atom stereocenters. The van der Waals surface area contributed by atoms with E-state index in [1.165, 1.54) is 11.3 Å². The van der Waals surface area contributed by atoms with Crippen molar-refractivity contribution in [3.8, 4) is 5.75 Å². The zero-order chi connectivity index (χ0) is 11.0. The van der Waals surface area contributed by atoms with Crippen LogP contribution in [-0.2, 0) is 6.42 Å².